The second kappa shape index (κ2) is 6.40. The molecule has 0 aliphatic rings. The largest absolute Gasteiger partial charge is 0.386 e. The average Bonchev–Trinajstić information content (AvgIpc) is 3.11. The molecule has 0 unspecified atom stereocenters. The van der Waals surface area contributed by atoms with Gasteiger partial charge in [-0.2, -0.15) is 0 Å². The van der Waals surface area contributed by atoms with E-state index in [1.54, 1.807) is 36.0 Å². The number of benzene rings is 2. The molecular formula is C16H13N5O4. The minimum atomic E-state index is -0.468. The highest BCUT2D eigenvalue weighted by Crippen LogP contribution is 2.27. The van der Waals surface area contributed by atoms with Gasteiger partial charge < -0.3 is 9.88 Å². The monoisotopic (exact) mass is 339 g/mol. The molecule has 0 saturated carbocycles. The van der Waals surface area contributed by atoms with Crippen LogP contribution in [0.25, 0.3) is 16.9 Å². The molecule has 0 spiro atoms. The van der Waals surface area contributed by atoms with Gasteiger partial charge in [-0.25, -0.2) is 4.98 Å². The molecule has 25 heavy (non-hydrogen) atoms. The number of non-ortho nitro benzene ring substituents is 2. The van der Waals surface area contributed by atoms with Crippen LogP contribution in [0, 0.1) is 20.2 Å². The average molecular weight is 339 g/mol. The van der Waals surface area contributed by atoms with Gasteiger partial charge in [-0.3, -0.25) is 20.2 Å². The van der Waals surface area contributed by atoms with Gasteiger partial charge in [0.2, 0.25) is 0 Å². The highest BCUT2D eigenvalue weighted by atomic mass is 16.6. The lowest BCUT2D eigenvalue weighted by Crippen LogP contribution is -2.00. The fourth-order valence-electron chi connectivity index (χ4n) is 2.42. The van der Waals surface area contributed by atoms with E-state index in [4.69, 9.17) is 0 Å². The molecule has 3 aromatic rings. The highest BCUT2D eigenvalue weighted by molar-refractivity contribution is 5.67. The fourth-order valence-corrected chi connectivity index (χ4v) is 2.42. The molecule has 1 aromatic heterocycles. The number of rotatable bonds is 5. The van der Waals surface area contributed by atoms with Crippen molar-refractivity contribution in [1.29, 1.82) is 0 Å². The van der Waals surface area contributed by atoms with E-state index in [1.807, 2.05) is 0 Å². The number of imidazole rings is 1. The lowest BCUT2D eigenvalue weighted by Gasteiger charge is -2.09. The predicted molar refractivity (Wildman–Crippen MR) is 91.9 cm³/mol. The topological polar surface area (TPSA) is 116 Å². The van der Waals surface area contributed by atoms with Crippen molar-refractivity contribution >= 4 is 17.1 Å². The van der Waals surface area contributed by atoms with Crippen molar-refractivity contribution in [3.05, 3.63) is 75.2 Å². The molecule has 3 rings (SSSR count). The zero-order valence-electron chi connectivity index (χ0n) is 13.1. The molecule has 1 heterocycles. The van der Waals surface area contributed by atoms with Crippen LogP contribution in [0.5, 0.6) is 0 Å². The van der Waals surface area contributed by atoms with Crippen LogP contribution in [0.15, 0.2) is 55.0 Å². The maximum Gasteiger partial charge on any atom is 0.271 e. The molecule has 0 bridgehead atoms. The Hall–Kier alpha value is -3.75. The van der Waals surface area contributed by atoms with Gasteiger partial charge in [-0.05, 0) is 18.2 Å². The van der Waals surface area contributed by atoms with Crippen LogP contribution in [-0.2, 0) is 0 Å². The molecule has 9 heteroatoms. The molecular weight excluding hydrogens is 326 g/mol. The molecule has 9 nitrogen and oxygen atoms in total. The standard InChI is InChI=1S/C16H13N5O4/c1-17-14-7-6-13(21(24)25)8-16(14)19-9-15(18-10-19)11-2-4-12(5-3-11)20(22)23/h2-10,17H,1H3. The van der Waals surface area contributed by atoms with Gasteiger partial charge in [0, 0.05) is 43.1 Å². The Kier molecular flexibility index (Phi) is 4.12. The smallest absolute Gasteiger partial charge is 0.271 e. The second-order valence-corrected chi connectivity index (χ2v) is 5.18. The third kappa shape index (κ3) is 3.15. The van der Waals surface area contributed by atoms with Crippen LogP contribution >= 0.6 is 0 Å². The molecule has 0 atom stereocenters. The maximum atomic E-state index is 11.0. The first-order valence-corrected chi connectivity index (χ1v) is 7.25. The Morgan fingerprint density at radius 1 is 1.00 bits per heavy atom. The third-order valence-corrected chi connectivity index (χ3v) is 3.70. The van der Waals surface area contributed by atoms with Crippen LogP contribution in [0.3, 0.4) is 0 Å². The van der Waals surface area contributed by atoms with Crippen LogP contribution in [0.4, 0.5) is 17.1 Å². The SMILES string of the molecule is CNc1ccc([N+](=O)[O-])cc1-n1cnc(-c2ccc([N+](=O)[O-])cc2)c1. The van der Waals surface area contributed by atoms with E-state index in [9.17, 15) is 20.2 Å². The molecule has 1 N–H and O–H groups in total. The first-order chi connectivity index (χ1) is 12.0. The van der Waals surface area contributed by atoms with Gasteiger partial charge in [0.05, 0.1) is 33.2 Å². The van der Waals surface area contributed by atoms with E-state index >= 15 is 0 Å². The molecule has 0 amide bonds. The molecule has 0 saturated heterocycles. The first kappa shape index (κ1) is 16.1. The molecule has 0 fully saturated rings. The number of nitrogens with zero attached hydrogens (tertiary/aromatic N) is 4. The second-order valence-electron chi connectivity index (χ2n) is 5.18. The summed E-state index contributed by atoms with van der Waals surface area (Å²) in [5.41, 5.74) is 2.57. The number of hydrogen-bond acceptors (Lipinski definition) is 6. The highest BCUT2D eigenvalue weighted by Gasteiger charge is 2.13. The number of nitro benzene ring substituents is 2. The van der Waals surface area contributed by atoms with Gasteiger partial charge in [0.15, 0.2) is 0 Å². The van der Waals surface area contributed by atoms with E-state index in [2.05, 4.69) is 10.3 Å². The quantitative estimate of drug-likeness (QED) is 0.562. The molecule has 0 radical (unpaired) electrons. The van der Waals surface area contributed by atoms with E-state index in [0.29, 0.717) is 22.6 Å². The van der Waals surface area contributed by atoms with Crippen molar-refractivity contribution in [2.75, 3.05) is 12.4 Å². The van der Waals surface area contributed by atoms with Crippen molar-refractivity contribution in [3.63, 3.8) is 0 Å². The number of aromatic nitrogens is 2. The summed E-state index contributed by atoms with van der Waals surface area (Å²) in [4.78, 5) is 25.1. The Balaban J connectivity index is 2.00. The number of hydrogen-bond donors (Lipinski definition) is 1. The minimum absolute atomic E-state index is 0.000615. The van der Waals surface area contributed by atoms with Crippen LogP contribution in [-0.4, -0.2) is 26.4 Å². The zero-order chi connectivity index (χ0) is 18.0. The third-order valence-electron chi connectivity index (χ3n) is 3.70. The predicted octanol–water partition coefficient (Wildman–Crippen LogP) is 3.40. The summed E-state index contributed by atoms with van der Waals surface area (Å²) in [5.74, 6) is 0. The van der Waals surface area contributed by atoms with Crippen LogP contribution in [0.1, 0.15) is 0 Å². The zero-order valence-corrected chi connectivity index (χ0v) is 13.1. The van der Waals surface area contributed by atoms with E-state index in [0.717, 1.165) is 0 Å². The Morgan fingerprint density at radius 2 is 1.64 bits per heavy atom. The molecule has 0 aliphatic heterocycles. The molecule has 0 aliphatic carbocycles. The van der Waals surface area contributed by atoms with E-state index in [-0.39, 0.29) is 11.4 Å². The lowest BCUT2D eigenvalue weighted by atomic mass is 10.1. The van der Waals surface area contributed by atoms with Crippen LogP contribution in [0.2, 0.25) is 0 Å². The summed E-state index contributed by atoms with van der Waals surface area (Å²) in [7, 11) is 1.72. The number of anilines is 1. The lowest BCUT2D eigenvalue weighted by molar-refractivity contribution is -0.385. The van der Waals surface area contributed by atoms with Crippen molar-refractivity contribution in [2.24, 2.45) is 0 Å². The van der Waals surface area contributed by atoms with Gasteiger partial charge >= 0.3 is 0 Å². The van der Waals surface area contributed by atoms with Gasteiger partial charge in [-0.1, -0.05) is 0 Å². The number of nitrogens with one attached hydrogen (secondary N) is 1. The summed E-state index contributed by atoms with van der Waals surface area (Å²) in [6.07, 6.45) is 3.25. The van der Waals surface area contributed by atoms with Gasteiger partial charge in [0.25, 0.3) is 11.4 Å². The maximum absolute atomic E-state index is 11.0. The van der Waals surface area contributed by atoms with Crippen molar-refractivity contribution in [1.82, 2.24) is 9.55 Å². The van der Waals surface area contributed by atoms with E-state index < -0.39 is 9.85 Å². The summed E-state index contributed by atoms with van der Waals surface area (Å²) in [6.45, 7) is 0. The summed E-state index contributed by atoms with van der Waals surface area (Å²) >= 11 is 0. The Labute approximate surface area is 141 Å². The normalized spacial score (nSPS) is 10.4. The first-order valence-electron chi connectivity index (χ1n) is 7.25. The molecule has 126 valence electrons. The summed E-state index contributed by atoms with van der Waals surface area (Å²) in [5, 5.41) is 24.7. The Morgan fingerprint density at radius 3 is 2.24 bits per heavy atom. The van der Waals surface area contributed by atoms with E-state index in [1.165, 1.54) is 30.6 Å². The number of nitro groups is 2. The van der Waals surface area contributed by atoms with Gasteiger partial charge in [0.1, 0.15) is 0 Å². The Bertz CT molecular complexity index is 949. The van der Waals surface area contributed by atoms with Crippen molar-refractivity contribution in [3.8, 4) is 16.9 Å². The van der Waals surface area contributed by atoms with Crippen molar-refractivity contribution in [2.45, 2.75) is 0 Å². The summed E-state index contributed by atoms with van der Waals surface area (Å²) in [6, 6.07) is 10.5. The minimum Gasteiger partial charge on any atom is -0.386 e. The summed E-state index contributed by atoms with van der Waals surface area (Å²) < 4.78 is 1.66. The fraction of sp³-hybridized carbons (Fsp3) is 0.0625. The van der Waals surface area contributed by atoms with Gasteiger partial charge in [-0.15, -0.1) is 0 Å². The van der Waals surface area contributed by atoms with Crippen molar-refractivity contribution < 1.29 is 9.85 Å². The molecule has 2 aromatic carbocycles. The van der Waals surface area contributed by atoms with Crippen LogP contribution < -0.4 is 5.32 Å².